The van der Waals surface area contributed by atoms with Gasteiger partial charge in [-0.2, -0.15) is 4.31 Å². The van der Waals surface area contributed by atoms with E-state index in [2.05, 4.69) is 10.6 Å². The van der Waals surface area contributed by atoms with Crippen molar-refractivity contribution in [1.82, 2.24) is 14.5 Å². The highest BCUT2D eigenvalue weighted by atomic mass is 32.2. The zero-order valence-electron chi connectivity index (χ0n) is 21.6. The van der Waals surface area contributed by atoms with Crippen LogP contribution in [0.4, 0.5) is 14.9 Å². The first-order valence-electron chi connectivity index (χ1n) is 12.5. The van der Waals surface area contributed by atoms with Gasteiger partial charge in [-0.1, -0.05) is 0 Å². The number of carbonyl (C=O) groups excluding carboxylic acids is 3. The molecule has 0 bridgehead atoms. The van der Waals surface area contributed by atoms with E-state index < -0.39 is 61.4 Å². The zero-order chi connectivity index (χ0) is 29.0. The Morgan fingerprint density at radius 3 is 2.42 bits per heavy atom. The average molecular weight is 595 g/mol. The maximum absolute atomic E-state index is 14.1. The Labute approximate surface area is 230 Å². The number of hydrogen-bond acceptors (Lipinski definition) is 8. The fourth-order valence-electron chi connectivity index (χ4n) is 5.29. The number of carbonyl (C=O) groups is 3. The molecule has 2 aromatic rings. The predicted octanol–water partition coefficient (Wildman–Crippen LogP) is 1.19. The largest absolute Gasteiger partial charge is 0.373 e. The van der Waals surface area contributed by atoms with Crippen LogP contribution in [-0.4, -0.2) is 81.5 Å². The van der Waals surface area contributed by atoms with Gasteiger partial charge in [0.05, 0.1) is 27.8 Å². The number of rotatable bonds is 5. The van der Waals surface area contributed by atoms with Crippen molar-refractivity contribution in [3.63, 3.8) is 0 Å². The van der Waals surface area contributed by atoms with E-state index in [4.69, 9.17) is 4.74 Å². The van der Waals surface area contributed by atoms with Gasteiger partial charge in [0.15, 0.2) is 9.84 Å². The second-order valence-electron chi connectivity index (χ2n) is 10.1. The molecule has 3 atom stereocenters. The van der Waals surface area contributed by atoms with Crippen LogP contribution in [0.5, 0.6) is 0 Å². The molecule has 1 spiro atoms. The summed E-state index contributed by atoms with van der Waals surface area (Å²) in [5.41, 5.74) is -1.77. The van der Waals surface area contributed by atoms with E-state index >= 15 is 0 Å². The zero-order valence-corrected chi connectivity index (χ0v) is 23.2. The lowest BCUT2D eigenvalue weighted by atomic mass is 9.86. The Bertz CT molecular complexity index is 1600. The second-order valence-corrected chi connectivity index (χ2v) is 14.1. The number of imide groups is 1. The van der Waals surface area contributed by atoms with Crippen LogP contribution >= 0.6 is 0 Å². The average Bonchev–Trinajstić information content (AvgIpc) is 3.11. The van der Waals surface area contributed by atoms with Gasteiger partial charge in [-0.25, -0.2) is 26.0 Å². The number of benzene rings is 2. The third-order valence-electron chi connectivity index (χ3n) is 7.12. The molecule has 2 saturated heterocycles. The number of morpholine rings is 1. The first-order chi connectivity index (χ1) is 18.7. The summed E-state index contributed by atoms with van der Waals surface area (Å²) in [6, 6.07) is 7.44. The van der Waals surface area contributed by atoms with Crippen LogP contribution in [0, 0.1) is 5.82 Å². The van der Waals surface area contributed by atoms with Gasteiger partial charge in [-0.15, -0.1) is 0 Å². The van der Waals surface area contributed by atoms with E-state index in [1.54, 1.807) is 13.8 Å². The molecule has 4 amide bonds. The molecule has 0 saturated carbocycles. The molecule has 12 nitrogen and oxygen atoms in total. The number of amides is 4. The second kappa shape index (κ2) is 9.90. The summed E-state index contributed by atoms with van der Waals surface area (Å²) in [6.07, 6.45) is -0.829. The summed E-state index contributed by atoms with van der Waals surface area (Å²) < 4.78 is 72.1. The summed E-state index contributed by atoms with van der Waals surface area (Å²) in [5.74, 6) is -2.86. The number of sulfone groups is 1. The van der Waals surface area contributed by atoms with Crippen LogP contribution < -0.4 is 10.6 Å². The SMILES string of the molecule is C[C@@H]1CN(S(=O)(=O)c2ccc(NC(=O)CN3C(=O)N[C@@]4(CCS(=O)(=O)c5ccc(F)cc54)C3=O)cc2)C[C@@H](C)O1. The van der Waals surface area contributed by atoms with Crippen LogP contribution in [0.25, 0.3) is 0 Å². The molecule has 40 heavy (non-hydrogen) atoms. The number of anilines is 1. The lowest BCUT2D eigenvalue weighted by molar-refractivity contribution is -0.134. The van der Waals surface area contributed by atoms with Crippen LogP contribution in [-0.2, 0) is 39.7 Å². The Hall–Kier alpha value is -3.40. The molecule has 0 unspecified atom stereocenters. The van der Waals surface area contributed by atoms with Gasteiger partial charge in [0.25, 0.3) is 5.91 Å². The lowest BCUT2D eigenvalue weighted by Gasteiger charge is -2.34. The molecular formula is C25H27FN4O8S2. The van der Waals surface area contributed by atoms with Gasteiger partial charge >= 0.3 is 6.03 Å². The van der Waals surface area contributed by atoms with E-state index in [1.807, 2.05) is 0 Å². The van der Waals surface area contributed by atoms with Gasteiger partial charge < -0.3 is 15.4 Å². The number of ether oxygens (including phenoxy) is 1. The molecule has 2 aromatic carbocycles. The van der Waals surface area contributed by atoms with Crippen molar-refractivity contribution in [1.29, 1.82) is 0 Å². The van der Waals surface area contributed by atoms with Crippen molar-refractivity contribution in [2.24, 2.45) is 0 Å². The van der Waals surface area contributed by atoms with E-state index in [9.17, 15) is 35.6 Å². The molecule has 214 valence electrons. The van der Waals surface area contributed by atoms with E-state index in [0.29, 0.717) is 4.90 Å². The minimum Gasteiger partial charge on any atom is -0.373 e. The van der Waals surface area contributed by atoms with E-state index in [-0.39, 0.29) is 52.8 Å². The molecule has 3 heterocycles. The smallest absolute Gasteiger partial charge is 0.325 e. The number of nitrogens with zero attached hydrogens (tertiary/aromatic N) is 2. The molecule has 3 aliphatic heterocycles. The first-order valence-corrected chi connectivity index (χ1v) is 15.5. The fourth-order valence-corrected chi connectivity index (χ4v) is 8.52. The summed E-state index contributed by atoms with van der Waals surface area (Å²) in [6.45, 7) is 3.30. The Kier molecular flexibility index (Phi) is 6.97. The van der Waals surface area contributed by atoms with Crippen molar-refractivity contribution < 1.29 is 40.3 Å². The van der Waals surface area contributed by atoms with Crippen molar-refractivity contribution in [3.05, 3.63) is 53.8 Å². The minimum atomic E-state index is -3.79. The summed E-state index contributed by atoms with van der Waals surface area (Å²) in [4.78, 5) is 39.3. The van der Waals surface area contributed by atoms with Gasteiger partial charge in [0, 0.05) is 24.3 Å². The number of halogens is 1. The molecule has 2 N–H and O–H groups in total. The molecular weight excluding hydrogens is 567 g/mol. The topological polar surface area (TPSA) is 159 Å². The van der Waals surface area contributed by atoms with Gasteiger partial charge in [0.2, 0.25) is 15.9 Å². The lowest BCUT2D eigenvalue weighted by Crippen LogP contribution is -2.49. The third-order valence-corrected chi connectivity index (χ3v) is 10.7. The van der Waals surface area contributed by atoms with Crippen molar-refractivity contribution in [2.45, 2.75) is 47.8 Å². The number of fused-ring (bicyclic) bond motifs is 2. The van der Waals surface area contributed by atoms with Crippen LogP contribution in [0.2, 0.25) is 0 Å². The maximum Gasteiger partial charge on any atom is 0.325 e. The summed E-state index contributed by atoms with van der Waals surface area (Å²) in [5, 5.41) is 4.98. The normalized spacial score (nSPS) is 26.4. The van der Waals surface area contributed by atoms with Crippen LogP contribution in [0.3, 0.4) is 0 Å². The number of nitrogens with one attached hydrogen (secondary N) is 2. The first kappa shape index (κ1) is 28.1. The van der Waals surface area contributed by atoms with E-state index in [0.717, 1.165) is 18.2 Å². The van der Waals surface area contributed by atoms with Gasteiger partial charge in [0.1, 0.15) is 17.9 Å². The van der Waals surface area contributed by atoms with Gasteiger partial charge in [-0.3, -0.25) is 14.5 Å². The summed E-state index contributed by atoms with van der Waals surface area (Å²) >= 11 is 0. The Balaban J connectivity index is 1.30. The Morgan fingerprint density at radius 1 is 1.12 bits per heavy atom. The predicted molar refractivity (Wildman–Crippen MR) is 139 cm³/mol. The molecule has 15 heteroatoms. The molecule has 5 rings (SSSR count). The molecule has 0 aliphatic carbocycles. The molecule has 2 fully saturated rings. The Morgan fingerprint density at radius 2 is 1.77 bits per heavy atom. The number of hydrogen-bond donors (Lipinski definition) is 2. The molecule has 0 radical (unpaired) electrons. The van der Waals surface area contributed by atoms with Crippen molar-refractivity contribution in [3.8, 4) is 0 Å². The molecule has 0 aromatic heterocycles. The third kappa shape index (κ3) is 4.87. The number of urea groups is 1. The number of sulfonamides is 1. The maximum atomic E-state index is 14.1. The minimum absolute atomic E-state index is 0.0287. The summed E-state index contributed by atoms with van der Waals surface area (Å²) in [7, 11) is -7.58. The van der Waals surface area contributed by atoms with Crippen molar-refractivity contribution in [2.75, 3.05) is 30.7 Å². The van der Waals surface area contributed by atoms with E-state index in [1.165, 1.54) is 28.6 Å². The monoisotopic (exact) mass is 594 g/mol. The van der Waals surface area contributed by atoms with Crippen molar-refractivity contribution >= 4 is 43.4 Å². The van der Waals surface area contributed by atoms with Gasteiger partial charge in [-0.05, 0) is 62.7 Å². The quantitative estimate of drug-likeness (QED) is 0.386. The highest BCUT2D eigenvalue weighted by Crippen LogP contribution is 2.41. The highest BCUT2D eigenvalue weighted by molar-refractivity contribution is 7.91. The van der Waals surface area contributed by atoms with Crippen LogP contribution in [0.15, 0.2) is 52.3 Å². The van der Waals surface area contributed by atoms with Crippen LogP contribution in [0.1, 0.15) is 25.8 Å². The molecule has 3 aliphatic rings. The fraction of sp³-hybridized carbons (Fsp3) is 0.400. The standard InChI is InChI=1S/C25H27FN4O8S2/c1-15-12-29(13-16(2)38-15)40(36,37)19-6-4-18(5-7-19)27-22(31)14-30-23(32)25(28-24(30)33)9-10-39(34,35)21-8-3-17(26)11-20(21)25/h3-8,11,15-16H,9-10,12-14H2,1-2H3,(H,27,31)(H,28,33)/t15-,16-,25-/m1/s1. The highest BCUT2D eigenvalue weighted by Gasteiger charge is 2.56.